The number of thiazole rings is 1. The third-order valence-electron chi connectivity index (χ3n) is 2.28. The largest absolute Gasteiger partial charge is 0.480 e. The molecular formula is C11H16N2O4S. The first-order chi connectivity index (χ1) is 8.27. The van der Waals surface area contributed by atoms with Crippen molar-refractivity contribution < 1.29 is 19.4 Å². The molecule has 1 heterocycles. The van der Waals surface area contributed by atoms with Gasteiger partial charge in [-0.2, -0.15) is 0 Å². The van der Waals surface area contributed by atoms with Gasteiger partial charge in [-0.15, -0.1) is 11.3 Å². The van der Waals surface area contributed by atoms with E-state index in [1.165, 1.54) is 25.2 Å². The Kier molecular flexibility index (Phi) is 4.42. The molecule has 0 atom stereocenters. The molecule has 2 N–H and O–H groups in total. The highest BCUT2D eigenvalue weighted by atomic mass is 32.1. The topological polar surface area (TPSA) is 88.5 Å². The molecule has 1 amide bonds. The van der Waals surface area contributed by atoms with Gasteiger partial charge in [-0.3, -0.25) is 4.79 Å². The highest BCUT2D eigenvalue weighted by Gasteiger charge is 2.30. The zero-order valence-corrected chi connectivity index (χ0v) is 11.6. The van der Waals surface area contributed by atoms with Crippen LogP contribution in [0.1, 0.15) is 34.2 Å². The summed E-state index contributed by atoms with van der Waals surface area (Å²) >= 11 is 1.20. The average Bonchev–Trinajstić information content (AvgIpc) is 2.59. The summed E-state index contributed by atoms with van der Waals surface area (Å²) in [6.45, 7) is 4.90. The molecule has 0 aliphatic heterocycles. The van der Waals surface area contributed by atoms with Crippen molar-refractivity contribution in [3.63, 3.8) is 0 Å². The van der Waals surface area contributed by atoms with Crippen molar-refractivity contribution in [1.82, 2.24) is 10.3 Å². The number of hydrogen-bond donors (Lipinski definition) is 2. The van der Waals surface area contributed by atoms with Crippen LogP contribution in [0, 0.1) is 6.92 Å². The second-order valence-electron chi connectivity index (χ2n) is 4.34. The van der Waals surface area contributed by atoms with E-state index in [1.807, 2.05) is 0 Å². The number of amides is 1. The minimum Gasteiger partial charge on any atom is -0.480 e. The first kappa shape index (κ1) is 14.6. The van der Waals surface area contributed by atoms with Crippen molar-refractivity contribution in [3.8, 4) is 0 Å². The standard InChI is InChI=1S/C11H16N2O4S/c1-6-8(18-7(12-6)5-17-4)9(14)13-11(2,3)10(15)16/h5H2,1-4H3,(H,13,14)(H,15,16). The van der Waals surface area contributed by atoms with Gasteiger partial charge >= 0.3 is 5.97 Å². The number of methoxy groups -OCH3 is 1. The molecule has 1 rings (SSSR count). The Morgan fingerprint density at radius 3 is 2.61 bits per heavy atom. The van der Waals surface area contributed by atoms with Crippen LogP contribution in [0.4, 0.5) is 0 Å². The number of nitrogens with zero attached hydrogens (tertiary/aromatic N) is 1. The smallest absolute Gasteiger partial charge is 0.328 e. The zero-order valence-electron chi connectivity index (χ0n) is 10.7. The molecule has 0 unspecified atom stereocenters. The third-order valence-corrected chi connectivity index (χ3v) is 3.41. The summed E-state index contributed by atoms with van der Waals surface area (Å²) in [7, 11) is 1.55. The van der Waals surface area contributed by atoms with Crippen molar-refractivity contribution >= 4 is 23.2 Å². The van der Waals surface area contributed by atoms with Crippen LogP contribution < -0.4 is 5.32 Å². The molecule has 0 aromatic carbocycles. The van der Waals surface area contributed by atoms with E-state index in [1.54, 1.807) is 14.0 Å². The van der Waals surface area contributed by atoms with E-state index in [9.17, 15) is 9.59 Å². The van der Waals surface area contributed by atoms with Gasteiger partial charge in [0.15, 0.2) is 0 Å². The van der Waals surface area contributed by atoms with E-state index >= 15 is 0 Å². The van der Waals surface area contributed by atoms with Crippen LogP contribution in [0.15, 0.2) is 0 Å². The summed E-state index contributed by atoms with van der Waals surface area (Å²) in [5.74, 6) is -1.52. The Morgan fingerprint density at radius 1 is 1.50 bits per heavy atom. The van der Waals surface area contributed by atoms with E-state index < -0.39 is 17.4 Å². The number of aryl methyl sites for hydroxylation is 1. The highest BCUT2D eigenvalue weighted by molar-refractivity contribution is 7.13. The maximum atomic E-state index is 12.0. The molecule has 18 heavy (non-hydrogen) atoms. The normalized spacial score (nSPS) is 11.3. The number of rotatable bonds is 5. The van der Waals surface area contributed by atoms with Gasteiger partial charge in [0.1, 0.15) is 15.4 Å². The van der Waals surface area contributed by atoms with Crippen LogP contribution in [0.2, 0.25) is 0 Å². The highest BCUT2D eigenvalue weighted by Crippen LogP contribution is 2.19. The van der Waals surface area contributed by atoms with Crippen LogP contribution in [0.25, 0.3) is 0 Å². The Balaban J connectivity index is 2.88. The summed E-state index contributed by atoms with van der Waals surface area (Å²) in [5.41, 5.74) is -0.736. The van der Waals surface area contributed by atoms with Crippen LogP contribution in [0.3, 0.4) is 0 Å². The number of carboxylic acid groups (broad SMARTS) is 1. The molecule has 0 radical (unpaired) electrons. The van der Waals surface area contributed by atoms with Gasteiger partial charge in [0.25, 0.3) is 5.91 Å². The molecule has 6 nitrogen and oxygen atoms in total. The summed E-state index contributed by atoms with van der Waals surface area (Å²) in [5, 5.41) is 12.1. The lowest BCUT2D eigenvalue weighted by Crippen LogP contribution is -2.49. The molecule has 0 saturated heterocycles. The number of hydrogen-bond acceptors (Lipinski definition) is 5. The SMILES string of the molecule is COCc1nc(C)c(C(=O)NC(C)(C)C(=O)O)s1. The first-order valence-corrected chi connectivity index (χ1v) is 6.10. The van der Waals surface area contributed by atoms with E-state index in [4.69, 9.17) is 9.84 Å². The number of carboxylic acids is 1. The fraction of sp³-hybridized carbons (Fsp3) is 0.545. The molecule has 0 bridgehead atoms. The Labute approximate surface area is 109 Å². The number of aliphatic carboxylic acids is 1. The molecule has 0 saturated carbocycles. The number of nitrogens with one attached hydrogen (secondary N) is 1. The van der Waals surface area contributed by atoms with Gasteiger partial charge in [-0.05, 0) is 20.8 Å². The van der Waals surface area contributed by atoms with Crippen LogP contribution in [-0.4, -0.2) is 34.6 Å². The molecule has 1 aromatic heterocycles. The summed E-state index contributed by atoms with van der Waals surface area (Å²) < 4.78 is 4.94. The van der Waals surface area contributed by atoms with Gasteiger partial charge in [0.05, 0.1) is 12.3 Å². The molecule has 7 heteroatoms. The molecule has 100 valence electrons. The van der Waals surface area contributed by atoms with Crippen molar-refractivity contribution in [2.75, 3.05) is 7.11 Å². The van der Waals surface area contributed by atoms with E-state index in [2.05, 4.69) is 10.3 Å². The van der Waals surface area contributed by atoms with E-state index in [0.717, 1.165) is 0 Å². The Morgan fingerprint density at radius 2 is 2.11 bits per heavy atom. The van der Waals surface area contributed by atoms with Crippen molar-refractivity contribution in [2.45, 2.75) is 32.9 Å². The van der Waals surface area contributed by atoms with Gasteiger partial charge < -0.3 is 15.2 Å². The predicted molar refractivity (Wildman–Crippen MR) is 66.7 cm³/mol. The monoisotopic (exact) mass is 272 g/mol. The van der Waals surface area contributed by atoms with Crippen molar-refractivity contribution in [3.05, 3.63) is 15.6 Å². The lowest BCUT2D eigenvalue weighted by Gasteiger charge is -2.20. The van der Waals surface area contributed by atoms with E-state index in [0.29, 0.717) is 22.2 Å². The third kappa shape index (κ3) is 3.27. The maximum absolute atomic E-state index is 12.0. The molecular weight excluding hydrogens is 256 g/mol. The summed E-state index contributed by atoms with van der Waals surface area (Å²) in [4.78, 5) is 27.5. The molecule has 0 fully saturated rings. The lowest BCUT2D eigenvalue weighted by molar-refractivity contribution is -0.143. The average molecular weight is 272 g/mol. The molecule has 0 aliphatic rings. The van der Waals surface area contributed by atoms with Gasteiger partial charge in [-0.25, -0.2) is 9.78 Å². The van der Waals surface area contributed by atoms with Crippen molar-refractivity contribution in [1.29, 1.82) is 0 Å². The fourth-order valence-corrected chi connectivity index (χ4v) is 2.17. The summed E-state index contributed by atoms with van der Waals surface area (Å²) in [6.07, 6.45) is 0. The second-order valence-corrected chi connectivity index (χ2v) is 5.42. The van der Waals surface area contributed by atoms with E-state index in [-0.39, 0.29) is 0 Å². The molecule has 0 spiro atoms. The minimum atomic E-state index is -1.31. The summed E-state index contributed by atoms with van der Waals surface area (Å²) in [6, 6.07) is 0. The van der Waals surface area contributed by atoms with Crippen LogP contribution in [-0.2, 0) is 16.1 Å². The maximum Gasteiger partial charge on any atom is 0.328 e. The zero-order chi connectivity index (χ0) is 13.9. The first-order valence-electron chi connectivity index (χ1n) is 5.29. The minimum absolute atomic E-state index is 0.334. The van der Waals surface area contributed by atoms with Crippen LogP contribution in [0.5, 0.6) is 0 Å². The number of carbonyl (C=O) groups excluding carboxylic acids is 1. The van der Waals surface area contributed by atoms with Crippen LogP contribution >= 0.6 is 11.3 Å². The fourth-order valence-electron chi connectivity index (χ4n) is 1.24. The number of carbonyl (C=O) groups is 2. The number of aromatic nitrogens is 1. The van der Waals surface area contributed by atoms with Gasteiger partial charge in [0.2, 0.25) is 0 Å². The predicted octanol–water partition coefficient (Wildman–Crippen LogP) is 1.19. The molecule has 1 aromatic rings. The van der Waals surface area contributed by atoms with Gasteiger partial charge in [-0.1, -0.05) is 0 Å². The van der Waals surface area contributed by atoms with Crippen molar-refractivity contribution in [2.24, 2.45) is 0 Å². The Bertz CT molecular complexity index is 468. The lowest BCUT2D eigenvalue weighted by atomic mass is 10.1. The Hall–Kier alpha value is -1.47. The van der Waals surface area contributed by atoms with Gasteiger partial charge in [0, 0.05) is 7.11 Å². The second kappa shape index (κ2) is 5.45. The number of ether oxygens (including phenoxy) is 1. The quantitative estimate of drug-likeness (QED) is 0.840. The molecule has 0 aliphatic carbocycles.